The molecule has 5 rings (SSSR count). The van der Waals surface area contributed by atoms with Crippen molar-refractivity contribution in [3.05, 3.63) is 65.1 Å². The van der Waals surface area contributed by atoms with Gasteiger partial charge in [0.1, 0.15) is 23.2 Å². The molecule has 1 aromatic carbocycles. The number of aromatic nitrogens is 2. The van der Waals surface area contributed by atoms with Crippen LogP contribution in [0.2, 0.25) is 0 Å². The van der Waals surface area contributed by atoms with Gasteiger partial charge >= 0.3 is 0 Å². The van der Waals surface area contributed by atoms with Gasteiger partial charge in [0, 0.05) is 43.0 Å². The van der Waals surface area contributed by atoms with Crippen LogP contribution in [0.25, 0.3) is 11.3 Å². The number of ether oxygens (including phenoxy) is 1. The van der Waals surface area contributed by atoms with E-state index in [9.17, 15) is 9.18 Å². The molecule has 0 spiro atoms. The number of nitrogens with zero attached hydrogens (tertiary/aromatic N) is 4. The Labute approximate surface area is 192 Å². The Morgan fingerprint density at radius 2 is 2.03 bits per heavy atom. The van der Waals surface area contributed by atoms with E-state index in [1.807, 2.05) is 19.1 Å². The van der Waals surface area contributed by atoms with Gasteiger partial charge in [0.2, 0.25) is 0 Å². The summed E-state index contributed by atoms with van der Waals surface area (Å²) < 4.78 is 20.2. The molecule has 7 nitrogen and oxygen atoms in total. The number of nitrogens with one attached hydrogen (secondary N) is 1. The van der Waals surface area contributed by atoms with Crippen molar-refractivity contribution < 1.29 is 13.9 Å². The summed E-state index contributed by atoms with van der Waals surface area (Å²) >= 11 is 0. The molecular weight excluding hydrogens is 421 g/mol. The molecule has 2 aliphatic heterocycles. The molecule has 3 aromatic rings. The highest BCUT2D eigenvalue weighted by Gasteiger charge is 2.34. The van der Waals surface area contributed by atoms with Crippen molar-refractivity contribution in [2.24, 2.45) is 0 Å². The summed E-state index contributed by atoms with van der Waals surface area (Å²) in [6.07, 6.45) is 1.54. The number of pyridine rings is 2. The monoisotopic (exact) mass is 447 g/mol. The Morgan fingerprint density at radius 3 is 2.82 bits per heavy atom. The second-order valence-corrected chi connectivity index (χ2v) is 8.56. The maximum Gasteiger partial charge on any atom is 0.260 e. The zero-order chi connectivity index (χ0) is 23.1. The molecule has 2 aliphatic rings. The zero-order valence-electron chi connectivity index (χ0n) is 18.9. The van der Waals surface area contributed by atoms with Crippen LogP contribution in [0.1, 0.15) is 28.4 Å². The second kappa shape index (κ2) is 8.44. The number of carbonyl (C=O) groups excluding carboxylic acids is 1. The predicted octanol–water partition coefficient (Wildman–Crippen LogP) is 3.56. The van der Waals surface area contributed by atoms with Crippen LogP contribution in [0, 0.1) is 12.7 Å². The number of benzene rings is 1. The quantitative estimate of drug-likeness (QED) is 0.660. The van der Waals surface area contributed by atoms with Crippen molar-refractivity contribution in [1.82, 2.24) is 15.3 Å². The molecule has 0 unspecified atom stereocenters. The number of amides is 1. The average molecular weight is 448 g/mol. The minimum atomic E-state index is -0.440. The number of aryl methyl sites for hydroxylation is 1. The minimum absolute atomic E-state index is 0.165. The summed E-state index contributed by atoms with van der Waals surface area (Å²) in [5.41, 5.74) is 2.89. The third-order valence-electron chi connectivity index (χ3n) is 6.19. The fourth-order valence-electron chi connectivity index (χ4n) is 4.60. The van der Waals surface area contributed by atoms with E-state index in [2.05, 4.69) is 22.1 Å². The lowest BCUT2D eigenvalue weighted by molar-refractivity contribution is 0.0996. The Morgan fingerprint density at radius 1 is 1.21 bits per heavy atom. The van der Waals surface area contributed by atoms with Crippen LogP contribution in [0.3, 0.4) is 0 Å². The largest absolute Gasteiger partial charge is 0.496 e. The van der Waals surface area contributed by atoms with Crippen LogP contribution in [0.5, 0.6) is 5.75 Å². The Hall–Kier alpha value is -3.52. The van der Waals surface area contributed by atoms with E-state index in [-0.39, 0.29) is 18.0 Å². The topological polar surface area (TPSA) is 70.6 Å². The minimum Gasteiger partial charge on any atom is -0.496 e. The SMILES string of the molecule is COc1cccc(F)c1-c1nccc2c1CN(c1cc(C)cc(N3CCN[C@@H](C)C3)n1)C2=O. The first-order valence-corrected chi connectivity index (χ1v) is 11.1. The van der Waals surface area contributed by atoms with Gasteiger partial charge in [-0.2, -0.15) is 0 Å². The van der Waals surface area contributed by atoms with Crippen molar-refractivity contribution in [2.75, 3.05) is 36.5 Å². The fourth-order valence-corrected chi connectivity index (χ4v) is 4.60. The summed E-state index contributed by atoms with van der Waals surface area (Å²) in [6.45, 7) is 7.02. The van der Waals surface area contributed by atoms with Gasteiger partial charge in [-0.15, -0.1) is 0 Å². The molecule has 2 aromatic heterocycles. The number of carbonyl (C=O) groups is 1. The third kappa shape index (κ3) is 3.80. The molecule has 0 bridgehead atoms. The molecule has 170 valence electrons. The smallest absolute Gasteiger partial charge is 0.260 e. The maximum absolute atomic E-state index is 14.8. The predicted molar refractivity (Wildman–Crippen MR) is 125 cm³/mol. The van der Waals surface area contributed by atoms with Gasteiger partial charge < -0.3 is 15.0 Å². The van der Waals surface area contributed by atoms with E-state index in [4.69, 9.17) is 9.72 Å². The van der Waals surface area contributed by atoms with Crippen molar-refractivity contribution in [3.8, 4) is 17.0 Å². The van der Waals surface area contributed by atoms with Crippen LogP contribution in [0.15, 0.2) is 42.6 Å². The first kappa shape index (κ1) is 21.3. The molecule has 0 radical (unpaired) electrons. The molecule has 1 atom stereocenters. The molecule has 8 heteroatoms. The van der Waals surface area contributed by atoms with E-state index < -0.39 is 5.82 Å². The number of fused-ring (bicyclic) bond motifs is 1. The van der Waals surface area contributed by atoms with E-state index in [0.29, 0.717) is 34.4 Å². The number of rotatable bonds is 4. The summed E-state index contributed by atoms with van der Waals surface area (Å²) in [7, 11) is 1.49. The average Bonchev–Trinajstić information content (AvgIpc) is 3.15. The van der Waals surface area contributed by atoms with Crippen molar-refractivity contribution in [3.63, 3.8) is 0 Å². The lowest BCUT2D eigenvalue weighted by atomic mass is 10.0. The van der Waals surface area contributed by atoms with Crippen LogP contribution in [-0.2, 0) is 6.54 Å². The van der Waals surface area contributed by atoms with Gasteiger partial charge in [-0.3, -0.25) is 14.7 Å². The van der Waals surface area contributed by atoms with E-state index in [0.717, 1.165) is 31.0 Å². The normalized spacial score (nSPS) is 17.9. The fraction of sp³-hybridized carbons (Fsp3) is 0.320. The van der Waals surface area contributed by atoms with Crippen molar-refractivity contribution >= 4 is 17.5 Å². The zero-order valence-corrected chi connectivity index (χ0v) is 18.9. The summed E-state index contributed by atoms with van der Waals surface area (Å²) in [6, 6.07) is 10.7. The van der Waals surface area contributed by atoms with E-state index in [1.54, 1.807) is 29.3 Å². The maximum atomic E-state index is 14.8. The molecule has 1 fully saturated rings. The number of anilines is 2. The van der Waals surface area contributed by atoms with Gasteiger partial charge in [-0.05, 0) is 49.7 Å². The summed E-state index contributed by atoms with van der Waals surface area (Å²) in [4.78, 5) is 26.5. The number of halogens is 1. The van der Waals surface area contributed by atoms with E-state index in [1.165, 1.54) is 13.2 Å². The number of piperazine rings is 1. The van der Waals surface area contributed by atoms with Gasteiger partial charge in [0.15, 0.2) is 0 Å². The highest BCUT2D eigenvalue weighted by atomic mass is 19.1. The Kier molecular flexibility index (Phi) is 5.46. The van der Waals surface area contributed by atoms with Gasteiger partial charge in [-0.1, -0.05) is 6.07 Å². The summed E-state index contributed by atoms with van der Waals surface area (Å²) in [5, 5.41) is 3.44. The molecule has 1 amide bonds. The highest BCUT2D eigenvalue weighted by Crippen LogP contribution is 2.38. The van der Waals surface area contributed by atoms with Crippen LogP contribution in [0.4, 0.5) is 16.0 Å². The summed E-state index contributed by atoms with van der Waals surface area (Å²) in [5.74, 6) is 1.22. The number of methoxy groups -OCH3 is 1. The second-order valence-electron chi connectivity index (χ2n) is 8.56. The standard InChI is InChI=1S/C25H26FN5O2/c1-15-11-21(30-10-9-27-16(2)13-30)29-22(12-15)31-14-18-17(25(31)32)7-8-28-24(18)23-19(26)5-4-6-20(23)33-3/h4-8,11-12,16,27H,9-10,13-14H2,1-3H3/t16-/m0/s1. The molecule has 0 aliphatic carbocycles. The van der Waals surface area contributed by atoms with Crippen molar-refractivity contribution in [1.29, 1.82) is 0 Å². The van der Waals surface area contributed by atoms with Crippen molar-refractivity contribution in [2.45, 2.75) is 26.4 Å². The lowest BCUT2D eigenvalue weighted by Gasteiger charge is -2.33. The van der Waals surface area contributed by atoms with Crippen LogP contribution < -0.4 is 19.9 Å². The third-order valence-corrected chi connectivity index (χ3v) is 6.19. The first-order valence-electron chi connectivity index (χ1n) is 11.1. The lowest BCUT2D eigenvalue weighted by Crippen LogP contribution is -2.49. The molecule has 0 saturated carbocycles. The van der Waals surface area contributed by atoms with Gasteiger partial charge in [0.05, 0.1) is 24.9 Å². The van der Waals surface area contributed by atoms with Gasteiger partial charge in [-0.25, -0.2) is 9.37 Å². The van der Waals surface area contributed by atoms with Crippen LogP contribution >= 0.6 is 0 Å². The highest BCUT2D eigenvalue weighted by molar-refractivity contribution is 6.10. The number of hydrogen-bond donors (Lipinski definition) is 1. The van der Waals surface area contributed by atoms with E-state index >= 15 is 0 Å². The Bertz CT molecular complexity index is 1230. The molecule has 1 saturated heterocycles. The van der Waals surface area contributed by atoms with Crippen LogP contribution in [-0.4, -0.2) is 48.7 Å². The molecule has 4 heterocycles. The molecular formula is C25H26FN5O2. The molecule has 1 N–H and O–H groups in total. The van der Waals surface area contributed by atoms with Gasteiger partial charge in [0.25, 0.3) is 5.91 Å². The molecule has 33 heavy (non-hydrogen) atoms. The number of hydrogen-bond acceptors (Lipinski definition) is 6. The Balaban J connectivity index is 1.54. The first-order chi connectivity index (χ1) is 16.0.